The van der Waals surface area contributed by atoms with E-state index in [1.807, 2.05) is 19.2 Å². The number of rotatable bonds is 2. The Hall–Kier alpha value is -0.890. The van der Waals surface area contributed by atoms with Crippen LogP contribution in [0.4, 0.5) is 0 Å². The second-order valence-electron chi connectivity index (χ2n) is 2.95. The van der Waals surface area contributed by atoms with E-state index in [1.54, 1.807) is 0 Å². The van der Waals surface area contributed by atoms with E-state index in [4.69, 9.17) is 5.73 Å². The Kier molecular flexibility index (Phi) is 2.60. The van der Waals surface area contributed by atoms with Crippen LogP contribution in [0, 0.1) is 6.92 Å². The van der Waals surface area contributed by atoms with Gasteiger partial charge in [0.2, 0.25) is 0 Å². The van der Waals surface area contributed by atoms with Gasteiger partial charge in [0.05, 0.1) is 0 Å². The molecule has 1 aromatic heterocycles. The molecular weight excluding hydrogens is 136 g/mol. The van der Waals surface area contributed by atoms with Crippen LogP contribution < -0.4 is 5.73 Å². The lowest BCUT2D eigenvalue weighted by molar-refractivity contribution is 0.718. The lowest BCUT2D eigenvalue weighted by Crippen LogP contribution is -2.19. The summed E-state index contributed by atoms with van der Waals surface area (Å²) in [6.45, 7) is 4.05. The maximum absolute atomic E-state index is 5.65. The molecule has 0 aliphatic carbocycles. The number of hydrogen-bond donors (Lipinski definition) is 1. The van der Waals surface area contributed by atoms with Crippen molar-refractivity contribution in [3.05, 3.63) is 29.6 Å². The molecule has 2 nitrogen and oxygen atoms in total. The van der Waals surface area contributed by atoms with Crippen molar-refractivity contribution in [3.63, 3.8) is 0 Å². The molecule has 0 amide bonds. The second kappa shape index (κ2) is 3.49. The van der Waals surface area contributed by atoms with Gasteiger partial charge in [0.25, 0.3) is 0 Å². The van der Waals surface area contributed by atoms with Crippen molar-refractivity contribution in [2.24, 2.45) is 5.73 Å². The minimum Gasteiger partial charge on any atom is -0.328 e. The Morgan fingerprint density at radius 1 is 1.64 bits per heavy atom. The second-order valence-corrected chi connectivity index (χ2v) is 2.95. The molecule has 0 aliphatic rings. The lowest BCUT2D eigenvalue weighted by Gasteiger charge is -2.05. The van der Waals surface area contributed by atoms with Crippen molar-refractivity contribution in [3.8, 4) is 0 Å². The molecule has 2 N–H and O–H groups in total. The minimum absolute atomic E-state index is 0.198. The SMILES string of the molecule is Cc1cccnc1C[C@H](C)N. The third-order valence-corrected chi connectivity index (χ3v) is 1.63. The normalized spacial score (nSPS) is 13.0. The molecule has 0 bridgehead atoms. The molecule has 1 aromatic rings. The summed E-state index contributed by atoms with van der Waals surface area (Å²) in [4.78, 5) is 4.24. The van der Waals surface area contributed by atoms with E-state index in [-0.39, 0.29) is 6.04 Å². The molecule has 0 fully saturated rings. The Balaban J connectivity index is 2.78. The number of aryl methyl sites for hydroxylation is 1. The minimum atomic E-state index is 0.198. The van der Waals surface area contributed by atoms with Gasteiger partial charge in [-0.2, -0.15) is 0 Å². The number of hydrogen-bond acceptors (Lipinski definition) is 2. The van der Waals surface area contributed by atoms with Crippen LogP contribution in [-0.4, -0.2) is 11.0 Å². The van der Waals surface area contributed by atoms with Gasteiger partial charge in [-0.3, -0.25) is 4.98 Å². The summed E-state index contributed by atoms with van der Waals surface area (Å²) in [6.07, 6.45) is 2.68. The maximum Gasteiger partial charge on any atom is 0.0448 e. The first kappa shape index (κ1) is 8.21. The van der Waals surface area contributed by atoms with Gasteiger partial charge >= 0.3 is 0 Å². The van der Waals surface area contributed by atoms with Crippen LogP contribution in [0.25, 0.3) is 0 Å². The first-order valence-corrected chi connectivity index (χ1v) is 3.86. The predicted molar refractivity (Wildman–Crippen MR) is 46.3 cm³/mol. The van der Waals surface area contributed by atoms with Gasteiger partial charge in [-0.25, -0.2) is 0 Å². The highest BCUT2D eigenvalue weighted by atomic mass is 14.7. The Labute approximate surface area is 67.5 Å². The fourth-order valence-corrected chi connectivity index (χ4v) is 1.04. The van der Waals surface area contributed by atoms with Gasteiger partial charge in [0.15, 0.2) is 0 Å². The third-order valence-electron chi connectivity index (χ3n) is 1.63. The molecule has 60 valence electrons. The molecule has 0 saturated carbocycles. The molecule has 1 atom stereocenters. The van der Waals surface area contributed by atoms with Gasteiger partial charge in [-0.05, 0) is 25.5 Å². The molecule has 0 unspecified atom stereocenters. The van der Waals surface area contributed by atoms with Gasteiger partial charge < -0.3 is 5.73 Å². The topological polar surface area (TPSA) is 38.9 Å². The summed E-state index contributed by atoms with van der Waals surface area (Å²) in [5.74, 6) is 0. The van der Waals surface area contributed by atoms with Gasteiger partial charge in [-0.1, -0.05) is 6.07 Å². The Morgan fingerprint density at radius 3 is 2.91 bits per heavy atom. The van der Waals surface area contributed by atoms with Crippen molar-refractivity contribution in [1.29, 1.82) is 0 Å². The predicted octanol–water partition coefficient (Wildman–Crippen LogP) is 1.28. The highest BCUT2D eigenvalue weighted by molar-refractivity contribution is 5.18. The average Bonchev–Trinajstić information content (AvgIpc) is 1.93. The van der Waals surface area contributed by atoms with Crippen LogP contribution in [0.1, 0.15) is 18.2 Å². The first-order valence-electron chi connectivity index (χ1n) is 3.86. The molecule has 11 heavy (non-hydrogen) atoms. The van der Waals surface area contributed by atoms with Gasteiger partial charge in [0, 0.05) is 24.4 Å². The van der Waals surface area contributed by atoms with E-state index in [2.05, 4.69) is 18.0 Å². The molecule has 0 spiro atoms. The maximum atomic E-state index is 5.65. The molecule has 1 rings (SSSR count). The van der Waals surface area contributed by atoms with Gasteiger partial charge in [0.1, 0.15) is 0 Å². The van der Waals surface area contributed by atoms with Crippen LogP contribution in [0.3, 0.4) is 0 Å². The van der Waals surface area contributed by atoms with E-state index in [1.165, 1.54) is 5.56 Å². The van der Waals surface area contributed by atoms with E-state index in [9.17, 15) is 0 Å². The smallest absolute Gasteiger partial charge is 0.0448 e. The molecule has 0 aliphatic heterocycles. The van der Waals surface area contributed by atoms with E-state index in [0.717, 1.165) is 12.1 Å². The monoisotopic (exact) mass is 150 g/mol. The summed E-state index contributed by atoms with van der Waals surface area (Å²) < 4.78 is 0. The standard InChI is InChI=1S/C9H14N2/c1-7-4-3-5-11-9(7)6-8(2)10/h3-5,8H,6,10H2,1-2H3/t8-/m0/s1. The largest absolute Gasteiger partial charge is 0.328 e. The number of nitrogens with two attached hydrogens (primary N) is 1. The lowest BCUT2D eigenvalue weighted by atomic mass is 10.1. The fourth-order valence-electron chi connectivity index (χ4n) is 1.04. The van der Waals surface area contributed by atoms with Crippen LogP contribution in [0.5, 0.6) is 0 Å². The van der Waals surface area contributed by atoms with E-state index in [0.29, 0.717) is 0 Å². The third kappa shape index (κ3) is 2.31. The van der Waals surface area contributed by atoms with Gasteiger partial charge in [-0.15, -0.1) is 0 Å². The molecule has 0 radical (unpaired) electrons. The molecular formula is C9H14N2. The van der Waals surface area contributed by atoms with E-state index >= 15 is 0 Å². The summed E-state index contributed by atoms with van der Waals surface area (Å²) in [5.41, 5.74) is 7.99. The Bertz CT molecular complexity index is 231. The molecule has 2 heteroatoms. The fraction of sp³-hybridized carbons (Fsp3) is 0.444. The first-order chi connectivity index (χ1) is 5.20. The molecule has 0 saturated heterocycles. The summed E-state index contributed by atoms with van der Waals surface area (Å²) in [5, 5.41) is 0. The highest BCUT2D eigenvalue weighted by Crippen LogP contribution is 2.04. The number of pyridine rings is 1. The zero-order valence-corrected chi connectivity index (χ0v) is 7.04. The molecule has 1 heterocycles. The van der Waals surface area contributed by atoms with Crippen LogP contribution in [0.15, 0.2) is 18.3 Å². The zero-order chi connectivity index (χ0) is 8.27. The van der Waals surface area contributed by atoms with Crippen molar-refractivity contribution in [2.75, 3.05) is 0 Å². The Morgan fingerprint density at radius 2 is 2.36 bits per heavy atom. The van der Waals surface area contributed by atoms with Crippen LogP contribution in [-0.2, 0) is 6.42 Å². The zero-order valence-electron chi connectivity index (χ0n) is 7.04. The molecule has 0 aromatic carbocycles. The number of nitrogens with zero attached hydrogens (tertiary/aromatic N) is 1. The van der Waals surface area contributed by atoms with Crippen LogP contribution in [0.2, 0.25) is 0 Å². The highest BCUT2D eigenvalue weighted by Gasteiger charge is 2.00. The summed E-state index contributed by atoms with van der Waals surface area (Å²) >= 11 is 0. The quantitative estimate of drug-likeness (QED) is 0.689. The summed E-state index contributed by atoms with van der Waals surface area (Å²) in [6, 6.07) is 4.20. The van der Waals surface area contributed by atoms with Crippen molar-refractivity contribution < 1.29 is 0 Å². The van der Waals surface area contributed by atoms with Crippen molar-refractivity contribution in [2.45, 2.75) is 26.3 Å². The van der Waals surface area contributed by atoms with E-state index < -0.39 is 0 Å². The average molecular weight is 150 g/mol. The number of aromatic nitrogens is 1. The summed E-state index contributed by atoms with van der Waals surface area (Å²) in [7, 11) is 0. The van der Waals surface area contributed by atoms with Crippen molar-refractivity contribution in [1.82, 2.24) is 4.98 Å². The van der Waals surface area contributed by atoms with Crippen LogP contribution >= 0.6 is 0 Å². The van der Waals surface area contributed by atoms with Crippen molar-refractivity contribution >= 4 is 0 Å².